The van der Waals surface area contributed by atoms with Crippen molar-refractivity contribution in [2.24, 2.45) is 0 Å². The lowest BCUT2D eigenvalue weighted by Gasteiger charge is -2.25. The van der Waals surface area contributed by atoms with Crippen LogP contribution in [0.2, 0.25) is 0 Å². The summed E-state index contributed by atoms with van der Waals surface area (Å²) in [6.45, 7) is 7.71. The fourth-order valence-corrected chi connectivity index (χ4v) is 3.30. The predicted molar refractivity (Wildman–Crippen MR) is 101 cm³/mol. The largest absolute Gasteiger partial charge is 0.487 e. The minimum absolute atomic E-state index is 0.00501. The predicted octanol–water partition coefficient (Wildman–Crippen LogP) is 1.65. The smallest absolute Gasteiger partial charge is 0.303 e. The number of carbonyl (C=O) groups is 2. The Morgan fingerprint density at radius 1 is 1.28 bits per heavy atom. The van der Waals surface area contributed by atoms with Crippen LogP contribution in [-0.4, -0.2) is 51.4 Å². The van der Waals surface area contributed by atoms with E-state index in [1.807, 2.05) is 0 Å². The number of hydrogen-bond acceptors (Lipinski definition) is 11. The van der Waals surface area contributed by atoms with Crippen LogP contribution in [-0.2, 0) is 28.5 Å². The highest BCUT2D eigenvalue weighted by atomic mass is 32.1. The fraction of sp³-hybridized carbons (Fsp3) is 0.471. The van der Waals surface area contributed by atoms with E-state index in [1.165, 1.54) is 24.6 Å². The quantitative estimate of drug-likeness (QED) is 0.411. The molecule has 12 heteroatoms. The second-order valence-corrected chi connectivity index (χ2v) is 6.73. The molecule has 29 heavy (non-hydrogen) atoms. The molecule has 0 unspecified atom stereocenters. The molecule has 0 saturated carbocycles. The van der Waals surface area contributed by atoms with E-state index in [1.54, 1.807) is 6.92 Å². The van der Waals surface area contributed by atoms with Crippen molar-refractivity contribution in [3.63, 3.8) is 0 Å². The Balaban J connectivity index is 2.08. The van der Waals surface area contributed by atoms with Gasteiger partial charge in [0.15, 0.2) is 29.7 Å². The van der Waals surface area contributed by atoms with Crippen LogP contribution in [0.5, 0.6) is 0 Å². The summed E-state index contributed by atoms with van der Waals surface area (Å²) in [5, 5.41) is 0. The number of hydrogen-bond donors (Lipinski definition) is 1. The molecule has 3 heterocycles. The number of aromatic nitrogens is 3. The molecule has 0 aliphatic carbocycles. The summed E-state index contributed by atoms with van der Waals surface area (Å²) in [6, 6.07) is 0. The molecule has 0 radical (unpaired) electrons. The van der Waals surface area contributed by atoms with Gasteiger partial charge in [-0.15, -0.1) is 0 Å². The first kappa shape index (κ1) is 20.7. The molecule has 0 spiro atoms. The van der Waals surface area contributed by atoms with E-state index in [4.69, 9.17) is 41.3 Å². The van der Waals surface area contributed by atoms with E-state index in [2.05, 4.69) is 16.5 Å². The second kappa shape index (κ2) is 8.17. The van der Waals surface area contributed by atoms with Crippen LogP contribution in [0.25, 0.3) is 11.2 Å². The lowest BCUT2D eigenvalue weighted by Crippen LogP contribution is -2.39. The third kappa shape index (κ3) is 4.38. The maximum Gasteiger partial charge on any atom is 0.303 e. The summed E-state index contributed by atoms with van der Waals surface area (Å²) in [7, 11) is 0. The van der Waals surface area contributed by atoms with E-state index in [9.17, 15) is 9.59 Å². The van der Waals surface area contributed by atoms with Crippen LogP contribution in [0.4, 0.5) is 5.95 Å². The summed E-state index contributed by atoms with van der Waals surface area (Å²) in [4.78, 5) is 31.0. The van der Waals surface area contributed by atoms with Crippen LogP contribution in [0.1, 0.15) is 27.0 Å². The number of fused-ring (bicyclic) bond motifs is 1. The number of nitrogens with zero attached hydrogens (tertiary/aromatic N) is 3. The first-order valence-corrected chi connectivity index (χ1v) is 9.00. The lowest BCUT2D eigenvalue weighted by molar-refractivity contribution is -0.157. The van der Waals surface area contributed by atoms with Crippen molar-refractivity contribution in [3.05, 3.63) is 23.4 Å². The van der Waals surface area contributed by atoms with E-state index < -0.39 is 36.5 Å². The molecule has 4 atom stereocenters. The van der Waals surface area contributed by atoms with Crippen molar-refractivity contribution in [1.82, 2.24) is 14.5 Å². The Labute approximate surface area is 170 Å². The monoisotopic (exact) mass is 424 g/mol. The molecule has 2 aromatic heterocycles. The number of anilines is 1. The van der Waals surface area contributed by atoms with Crippen molar-refractivity contribution in [3.8, 4) is 0 Å². The minimum Gasteiger partial charge on any atom is -0.487 e. The molecular formula is C17H20N4O7S. The van der Waals surface area contributed by atoms with Crippen molar-refractivity contribution in [2.45, 2.75) is 45.3 Å². The van der Waals surface area contributed by atoms with Crippen LogP contribution in [0.3, 0.4) is 0 Å². The van der Waals surface area contributed by atoms with Crippen molar-refractivity contribution in [1.29, 1.82) is 0 Å². The SMILES string of the molecule is C=C(C)O[C@@H]1[C@H](OC(C)=O)[C@@H](COC(C)=O)O[C@H]1n1c(=S)oc2cnc(N)nc21. The number of carbonyl (C=O) groups excluding carboxylic acids is 2. The molecule has 1 saturated heterocycles. The Morgan fingerprint density at radius 2 is 2.00 bits per heavy atom. The number of ether oxygens (including phenoxy) is 4. The highest BCUT2D eigenvalue weighted by molar-refractivity contribution is 7.71. The molecule has 0 bridgehead atoms. The van der Waals surface area contributed by atoms with Gasteiger partial charge < -0.3 is 29.1 Å². The molecule has 1 aliphatic rings. The Hall–Kier alpha value is -2.99. The van der Waals surface area contributed by atoms with Gasteiger partial charge in [0.1, 0.15) is 12.7 Å². The zero-order valence-corrected chi connectivity index (χ0v) is 16.8. The first-order chi connectivity index (χ1) is 13.7. The molecule has 0 amide bonds. The van der Waals surface area contributed by atoms with Crippen molar-refractivity contribution < 1.29 is 33.0 Å². The normalized spacial score (nSPS) is 23.7. The van der Waals surface area contributed by atoms with Crippen LogP contribution >= 0.6 is 12.2 Å². The van der Waals surface area contributed by atoms with Gasteiger partial charge in [0.25, 0.3) is 4.84 Å². The maximum absolute atomic E-state index is 11.7. The van der Waals surface area contributed by atoms with Crippen LogP contribution in [0.15, 0.2) is 23.0 Å². The molecular weight excluding hydrogens is 404 g/mol. The van der Waals surface area contributed by atoms with Gasteiger partial charge in [0.05, 0.1) is 12.0 Å². The number of nitrogens with two attached hydrogens (primary N) is 1. The topological polar surface area (TPSA) is 141 Å². The number of oxazole rings is 1. The minimum atomic E-state index is -0.931. The number of rotatable bonds is 6. The molecule has 0 aromatic carbocycles. The van der Waals surface area contributed by atoms with Gasteiger partial charge >= 0.3 is 11.9 Å². The molecule has 2 aromatic rings. The molecule has 156 valence electrons. The van der Waals surface area contributed by atoms with Crippen LogP contribution < -0.4 is 5.73 Å². The Morgan fingerprint density at radius 3 is 2.62 bits per heavy atom. The zero-order valence-electron chi connectivity index (χ0n) is 16.0. The van der Waals surface area contributed by atoms with Gasteiger partial charge in [0.2, 0.25) is 5.95 Å². The van der Waals surface area contributed by atoms with E-state index in [-0.39, 0.29) is 28.6 Å². The first-order valence-electron chi connectivity index (χ1n) is 8.59. The standard InChI is InChI=1S/C17H20N4O7S/c1-7(2)25-13-12(26-9(4)23)11(6-24-8(3)22)27-15(13)21-14-10(28-17(21)29)5-19-16(18)20-14/h5,11-13,15H,1,6H2,2-4H3,(H2,18,19,20)/t11-,12-,13-,15-/m1/s1. The summed E-state index contributed by atoms with van der Waals surface area (Å²) >= 11 is 5.31. The maximum atomic E-state index is 11.7. The van der Waals surface area contributed by atoms with E-state index >= 15 is 0 Å². The van der Waals surface area contributed by atoms with Gasteiger partial charge in [0, 0.05) is 13.8 Å². The number of nitrogen functional groups attached to an aromatic ring is 1. The van der Waals surface area contributed by atoms with Crippen molar-refractivity contribution >= 4 is 41.3 Å². The Kier molecular flexibility index (Phi) is 5.84. The number of esters is 2. The highest BCUT2D eigenvalue weighted by Crippen LogP contribution is 2.37. The zero-order chi connectivity index (χ0) is 21.3. The summed E-state index contributed by atoms with van der Waals surface area (Å²) in [5.74, 6) is -0.718. The average Bonchev–Trinajstić information content (AvgIpc) is 3.09. The van der Waals surface area contributed by atoms with Gasteiger partial charge in [-0.25, -0.2) is 4.98 Å². The summed E-state index contributed by atoms with van der Waals surface area (Å²) in [5.41, 5.74) is 6.26. The molecule has 2 N–H and O–H groups in total. The second-order valence-electron chi connectivity index (χ2n) is 6.38. The van der Waals surface area contributed by atoms with E-state index in [0.29, 0.717) is 5.76 Å². The lowest BCUT2D eigenvalue weighted by atomic mass is 10.1. The van der Waals surface area contributed by atoms with Gasteiger partial charge in [-0.05, 0) is 19.1 Å². The summed E-state index contributed by atoms with van der Waals surface area (Å²) in [6.07, 6.45) is -2.17. The molecule has 1 fully saturated rings. The highest BCUT2D eigenvalue weighted by Gasteiger charge is 2.51. The van der Waals surface area contributed by atoms with Gasteiger partial charge in [-0.2, -0.15) is 4.98 Å². The third-order valence-electron chi connectivity index (χ3n) is 4.01. The van der Waals surface area contributed by atoms with E-state index in [0.717, 1.165) is 0 Å². The van der Waals surface area contributed by atoms with Crippen LogP contribution in [0, 0.1) is 4.84 Å². The molecule has 1 aliphatic heterocycles. The van der Waals surface area contributed by atoms with Gasteiger partial charge in [-0.1, -0.05) is 6.58 Å². The average molecular weight is 424 g/mol. The Bertz CT molecular complexity index is 1020. The molecule has 3 rings (SSSR count). The summed E-state index contributed by atoms with van der Waals surface area (Å²) < 4.78 is 29.3. The fourth-order valence-electron chi connectivity index (χ4n) is 3.02. The number of allylic oxidation sites excluding steroid dienone is 1. The van der Waals surface area contributed by atoms with Crippen molar-refractivity contribution in [2.75, 3.05) is 12.3 Å². The third-order valence-corrected chi connectivity index (χ3v) is 4.29. The molecule has 11 nitrogen and oxygen atoms in total. The van der Waals surface area contributed by atoms with Gasteiger partial charge in [-0.3, -0.25) is 14.2 Å².